The van der Waals surface area contributed by atoms with Crippen LogP contribution >= 0.6 is 11.8 Å². The van der Waals surface area contributed by atoms with Crippen molar-refractivity contribution in [2.45, 2.75) is 38.4 Å². The first-order chi connectivity index (χ1) is 14.5. The van der Waals surface area contributed by atoms with E-state index in [9.17, 15) is 9.18 Å². The maximum absolute atomic E-state index is 13.2. The molecule has 0 fully saturated rings. The summed E-state index contributed by atoms with van der Waals surface area (Å²) in [5.41, 5.74) is 3.81. The largest absolute Gasteiger partial charge is 0.326 e. The second-order valence-corrected chi connectivity index (χ2v) is 8.04. The molecule has 0 spiro atoms. The van der Waals surface area contributed by atoms with Gasteiger partial charge in [-0.1, -0.05) is 36.0 Å². The van der Waals surface area contributed by atoms with Gasteiger partial charge in [0.2, 0.25) is 5.91 Å². The van der Waals surface area contributed by atoms with E-state index in [0.717, 1.165) is 33.3 Å². The Labute approximate surface area is 180 Å². The minimum atomic E-state index is -0.290. The van der Waals surface area contributed by atoms with Gasteiger partial charge in [-0.3, -0.25) is 9.36 Å². The van der Waals surface area contributed by atoms with Crippen LogP contribution in [0.5, 0.6) is 0 Å². The number of para-hydroxylation sites is 1. The van der Waals surface area contributed by atoms with Crippen molar-refractivity contribution < 1.29 is 9.18 Å². The van der Waals surface area contributed by atoms with Crippen molar-refractivity contribution in [1.82, 2.24) is 14.8 Å². The van der Waals surface area contributed by atoms with Crippen molar-refractivity contribution in [3.05, 3.63) is 72.1 Å². The Morgan fingerprint density at radius 3 is 2.53 bits per heavy atom. The van der Waals surface area contributed by atoms with E-state index in [1.165, 1.54) is 12.1 Å². The lowest BCUT2D eigenvalue weighted by molar-refractivity contribution is -0.116. The van der Waals surface area contributed by atoms with E-state index in [1.807, 2.05) is 36.6 Å². The van der Waals surface area contributed by atoms with Crippen molar-refractivity contribution in [1.29, 1.82) is 0 Å². The first-order valence-electron chi connectivity index (χ1n) is 9.78. The monoisotopic (exact) mass is 424 g/mol. The van der Waals surface area contributed by atoms with Crippen LogP contribution < -0.4 is 5.32 Å². The molecular formula is C23H25FN4OS. The topological polar surface area (TPSA) is 59.8 Å². The number of nitrogens with one attached hydrogen (secondary N) is 1. The number of aromatic nitrogens is 3. The lowest BCUT2D eigenvalue weighted by atomic mass is 10.1. The minimum Gasteiger partial charge on any atom is -0.326 e. The summed E-state index contributed by atoms with van der Waals surface area (Å²) in [6, 6.07) is 12.1. The quantitative estimate of drug-likeness (QED) is 0.284. The van der Waals surface area contributed by atoms with Gasteiger partial charge in [0.1, 0.15) is 5.82 Å². The lowest BCUT2D eigenvalue weighted by Crippen LogP contribution is -2.13. The molecule has 0 saturated heterocycles. The second kappa shape index (κ2) is 10.2. The number of hydrogen-bond donors (Lipinski definition) is 1. The van der Waals surface area contributed by atoms with Gasteiger partial charge in [-0.15, -0.1) is 16.8 Å². The van der Waals surface area contributed by atoms with Crippen molar-refractivity contribution in [2.75, 3.05) is 11.1 Å². The number of rotatable bonds is 9. The average Bonchev–Trinajstić information content (AvgIpc) is 3.12. The lowest BCUT2D eigenvalue weighted by Gasteiger charge is -2.11. The predicted molar refractivity (Wildman–Crippen MR) is 120 cm³/mol. The summed E-state index contributed by atoms with van der Waals surface area (Å²) in [5.74, 6) is 1.12. The Kier molecular flexibility index (Phi) is 7.41. The van der Waals surface area contributed by atoms with Crippen LogP contribution in [0.15, 0.2) is 60.3 Å². The molecule has 0 saturated carbocycles. The number of allylic oxidation sites excluding steroid dienone is 1. The number of benzene rings is 2. The van der Waals surface area contributed by atoms with Crippen LogP contribution in [0.25, 0.3) is 11.4 Å². The highest BCUT2D eigenvalue weighted by molar-refractivity contribution is 7.99. The van der Waals surface area contributed by atoms with Crippen LogP contribution in [0.3, 0.4) is 0 Å². The van der Waals surface area contributed by atoms with Gasteiger partial charge in [-0.2, -0.15) is 0 Å². The van der Waals surface area contributed by atoms with E-state index >= 15 is 0 Å². The third kappa shape index (κ3) is 5.36. The molecule has 1 aromatic heterocycles. The van der Waals surface area contributed by atoms with Crippen molar-refractivity contribution >= 4 is 23.4 Å². The van der Waals surface area contributed by atoms with Crippen LogP contribution in [0.1, 0.15) is 24.0 Å². The summed E-state index contributed by atoms with van der Waals surface area (Å²) in [7, 11) is 0. The molecule has 1 heterocycles. The number of carbonyl (C=O) groups is 1. The van der Waals surface area contributed by atoms with E-state index in [1.54, 1.807) is 30.0 Å². The SMILES string of the molecule is C=CCn1c(SCCCC(=O)Nc2c(C)cccc2C)nnc1-c1ccc(F)cc1. The molecule has 1 N–H and O–H groups in total. The Balaban J connectivity index is 1.57. The maximum atomic E-state index is 13.2. The molecule has 0 aliphatic rings. The third-order valence-corrected chi connectivity index (χ3v) is 5.71. The van der Waals surface area contributed by atoms with E-state index in [-0.39, 0.29) is 11.7 Å². The van der Waals surface area contributed by atoms with Gasteiger partial charge in [0.25, 0.3) is 0 Å². The first-order valence-corrected chi connectivity index (χ1v) is 10.8. The van der Waals surface area contributed by atoms with E-state index in [4.69, 9.17) is 0 Å². The Bertz CT molecular complexity index is 1010. The van der Waals surface area contributed by atoms with Crippen LogP contribution in [0.4, 0.5) is 10.1 Å². The van der Waals surface area contributed by atoms with Gasteiger partial charge in [0, 0.05) is 30.0 Å². The smallest absolute Gasteiger partial charge is 0.224 e. The number of amides is 1. The van der Waals surface area contributed by atoms with Crippen LogP contribution in [-0.4, -0.2) is 26.4 Å². The van der Waals surface area contributed by atoms with Crippen molar-refractivity contribution in [2.24, 2.45) is 0 Å². The zero-order chi connectivity index (χ0) is 21.5. The molecule has 0 unspecified atom stereocenters. The number of aryl methyl sites for hydroxylation is 2. The summed E-state index contributed by atoms with van der Waals surface area (Å²) in [4.78, 5) is 12.3. The predicted octanol–water partition coefficient (Wildman–Crippen LogP) is 5.40. The molecule has 0 radical (unpaired) electrons. The highest BCUT2D eigenvalue weighted by Gasteiger charge is 2.14. The fraction of sp³-hybridized carbons (Fsp3) is 0.261. The molecule has 156 valence electrons. The second-order valence-electron chi connectivity index (χ2n) is 6.98. The van der Waals surface area contributed by atoms with E-state index in [0.29, 0.717) is 25.2 Å². The molecule has 7 heteroatoms. The molecular weight excluding hydrogens is 399 g/mol. The zero-order valence-electron chi connectivity index (χ0n) is 17.2. The fourth-order valence-corrected chi connectivity index (χ4v) is 4.00. The van der Waals surface area contributed by atoms with Gasteiger partial charge < -0.3 is 5.32 Å². The van der Waals surface area contributed by atoms with Crippen molar-refractivity contribution in [3.8, 4) is 11.4 Å². The summed E-state index contributed by atoms with van der Waals surface area (Å²) >= 11 is 1.55. The van der Waals surface area contributed by atoms with E-state index in [2.05, 4.69) is 22.1 Å². The number of nitrogens with zero attached hydrogens (tertiary/aromatic N) is 3. The molecule has 1 amide bonds. The Hall–Kier alpha value is -2.93. The molecule has 0 atom stereocenters. The minimum absolute atomic E-state index is 0.00700. The number of anilines is 1. The summed E-state index contributed by atoms with van der Waals surface area (Å²) < 4.78 is 15.2. The molecule has 5 nitrogen and oxygen atoms in total. The van der Waals surface area contributed by atoms with Crippen LogP contribution in [-0.2, 0) is 11.3 Å². The summed E-state index contributed by atoms with van der Waals surface area (Å²) in [6.07, 6.45) is 2.92. The van der Waals surface area contributed by atoms with E-state index < -0.39 is 0 Å². The first kappa shape index (κ1) is 21.8. The standard InChI is InChI=1S/C23H25FN4OS/c1-4-14-28-22(18-10-12-19(24)13-11-18)26-27-23(28)30-15-6-9-20(29)25-21-16(2)7-5-8-17(21)3/h4-5,7-8,10-13H,1,6,9,14-15H2,2-3H3,(H,25,29). The molecule has 0 aliphatic heterocycles. The normalized spacial score (nSPS) is 10.8. The van der Waals surface area contributed by atoms with Crippen molar-refractivity contribution in [3.63, 3.8) is 0 Å². The Morgan fingerprint density at radius 1 is 1.17 bits per heavy atom. The summed E-state index contributed by atoms with van der Waals surface area (Å²) in [5, 5.41) is 12.3. The molecule has 0 aliphatic carbocycles. The number of hydrogen-bond acceptors (Lipinski definition) is 4. The summed E-state index contributed by atoms with van der Waals surface area (Å²) in [6.45, 7) is 8.33. The van der Waals surface area contributed by atoms with Crippen LogP contribution in [0.2, 0.25) is 0 Å². The van der Waals surface area contributed by atoms with Gasteiger partial charge in [0.15, 0.2) is 11.0 Å². The Morgan fingerprint density at radius 2 is 1.87 bits per heavy atom. The number of carbonyl (C=O) groups excluding carboxylic acids is 1. The molecule has 3 rings (SSSR count). The van der Waals surface area contributed by atoms with Crippen LogP contribution in [0, 0.1) is 19.7 Å². The molecule has 0 bridgehead atoms. The van der Waals surface area contributed by atoms with Gasteiger partial charge >= 0.3 is 0 Å². The zero-order valence-corrected chi connectivity index (χ0v) is 18.0. The molecule has 3 aromatic rings. The fourth-order valence-electron chi connectivity index (χ4n) is 3.11. The maximum Gasteiger partial charge on any atom is 0.224 e. The van der Waals surface area contributed by atoms with Gasteiger partial charge in [-0.05, 0) is 55.7 Å². The molecule has 30 heavy (non-hydrogen) atoms. The van der Waals surface area contributed by atoms with Gasteiger partial charge in [-0.25, -0.2) is 4.39 Å². The molecule has 2 aromatic carbocycles. The highest BCUT2D eigenvalue weighted by Crippen LogP contribution is 2.25. The number of thioether (sulfide) groups is 1. The van der Waals surface area contributed by atoms with Gasteiger partial charge in [0.05, 0.1) is 0 Å². The third-order valence-electron chi connectivity index (χ3n) is 4.66. The highest BCUT2D eigenvalue weighted by atomic mass is 32.2. The average molecular weight is 425 g/mol. The number of halogens is 1.